The maximum atomic E-state index is 5.66. The number of nitrogen functional groups attached to an aromatic ring is 1. The van der Waals surface area contributed by atoms with E-state index in [2.05, 4.69) is 30.9 Å². The van der Waals surface area contributed by atoms with Crippen molar-refractivity contribution in [1.82, 2.24) is 14.6 Å². The van der Waals surface area contributed by atoms with Gasteiger partial charge >= 0.3 is 0 Å². The molecule has 0 aliphatic rings. The van der Waals surface area contributed by atoms with Crippen LogP contribution in [0, 0.1) is 0 Å². The van der Waals surface area contributed by atoms with Gasteiger partial charge in [-0.2, -0.15) is 5.10 Å². The van der Waals surface area contributed by atoms with Crippen LogP contribution < -0.4 is 5.73 Å². The summed E-state index contributed by atoms with van der Waals surface area (Å²) in [6.07, 6.45) is 1.64. The highest BCUT2D eigenvalue weighted by molar-refractivity contribution is 5.64. The summed E-state index contributed by atoms with van der Waals surface area (Å²) < 4.78 is 1.72. The lowest BCUT2D eigenvalue weighted by Gasteiger charge is -2.16. The van der Waals surface area contributed by atoms with Crippen LogP contribution in [0.5, 0.6) is 0 Å². The molecule has 4 nitrogen and oxygen atoms in total. The average Bonchev–Trinajstić information content (AvgIpc) is 2.46. The average molecular weight is 190 g/mol. The normalized spacial score (nSPS) is 12.2. The molecule has 4 heteroatoms. The topological polar surface area (TPSA) is 56.2 Å². The molecule has 2 rings (SSSR count). The van der Waals surface area contributed by atoms with E-state index in [0.29, 0.717) is 5.82 Å². The van der Waals surface area contributed by atoms with Crippen LogP contribution in [0.1, 0.15) is 26.5 Å². The molecule has 2 aromatic rings. The number of rotatable bonds is 0. The number of hydrogen-bond acceptors (Lipinski definition) is 3. The molecular weight excluding hydrogens is 176 g/mol. The maximum Gasteiger partial charge on any atom is 0.151 e. The van der Waals surface area contributed by atoms with E-state index >= 15 is 0 Å². The molecule has 0 fully saturated rings. The van der Waals surface area contributed by atoms with Gasteiger partial charge in [-0.3, -0.25) is 0 Å². The largest absolute Gasteiger partial charge is 0.382 e. The van der Waals surface area contributed by atoms with Gasteiger partial charge < -0.3 is 5.73 Å². The van der Waals surface area contributed by atoms with Gasteiger partial charge in [0.25, 0.3) is 0 Å². The van der Waals surface area contributed by atoms with Crippen molar-refractivity contribution in [2.45, 2.75) is 26.2 Å². The lowest BCUT2D eigenvalue weighted by Crippen LogP contribution is -2.15. The Kier molecular flexibility index (Phi) is 1.74. The van der Waals surface area contributed by atoms with Crippen LogP contribution in [-0.2, 0) is 5.41 Å². The Bertz CT molecular complexity index is 464. The van der Waals surface area contributed by atoms with E-state index in [4.69, 9.17) is 5.73 Å². The summed E-state index contributed by atoms with van der Waals surface area (Å²) in [6, 6.07) is 3.95. The minimum atomic E-state index is 0.0488. The Morgan fingerprint density at radius 2 is 2.00 bits per heavy atom. The summed E-state index contributed by atoms with van der Waals surface area (Å²) >= 11 is 0. The number of nitrogens with two attached hydrogens (primary N) is 1. The second kappa shape index (κ2) is 2.70. The standard InChI is InChI=1S/C10H14N4/c1-10(2,3)8-5-4-7-9(11)12-6-14(7)13-8/h4-6H,11H2,1-3H3. The molecule has 0 unspecified atom stereocenters. The van der Waals surface area contributed by atoms with Gasteiger partial charge in [-0.15, -0.1) is 0 Å². The molecule has 0 bridgehead atoms. The number of nitrogens with zero attached hydrogens (tertiary/aromatic N) is 3. The van der Waals surface area contributed by atoms with Crippen molar-refractivity contribution in [2.24, 2.45) is 0 Å². The summed E-state index contributed by atoms with van der Waals surface area (Å²) in [5.41, 5.74) is 7.60. The van der Waals surface area contributed by atoms with Crippen LogP contribution in [0.2, 0.25) is 0 Å². The van der Waals surface area contributed by atoms with Gasteiger partial charge in [0.05, 0.1) is 5.69 Å². The number of anilines is 1. The van der Waals surface area contributed by atoms with Gasteiger partial charge in [-0.05, 0) is 12.1 Å². The summed E-state index contributed by atoms with van der Waals surface area (Å²) in [4.78, 5) is 4.00. The van der Waals surface area contributed by atoms with E-state index in [1.165, 1.54) is 0 Å². The van der Waals surface area contributed by atoms with E-state index in [9.17, 15) is 0 Å². The number of imidazole rings is 1. The molecule has 0 radical (unpaired) electrons. The molecule has 0 saturated carbocycles. The monoisotopic (exact) mass is 190 g/mol. The van der Waals surface area contributed by atoms with Crippen molar-refractivity contribution in [2.75, 3.05) is 5.73 Å². The lowest BCUT2D eigenvalue weighted by atomic mass is 9.92. The minimum Gasteiger partial charge on any atom is -0.382 e. The quantitative estimate of drug-likeness (QED) is 0.686. The molecular formula is C10H14N4. The SMILES string of the molecule is CC(C)(C)c1ccc2c(N)ncn2n1. The molecule has 14 heavy (non-hydrogen) atoms. The van der Waals surface area contributed by atoms with E-state index in [0.717, 1.165) is 11.2 Å². The first-order valence-corrected chi connectivity index (χ1v) is 4.59. The Balaban J connectivity index is 2.63. The third-order valence-corrected chi connectivity index (χ3v) is 2.20. The zero-order valence-corrected chi connectivity index (χ0v) is 8.65. The fraction of sp³-hybridized carbons (Fsp3) is 0.400. The smallest absolute Gasteiger partial charge is 0.151 e. The first-order chi connectivity index (χ1) is 6.48. The molecule has 74 valence electrons. The second-order valence-corrected chi connectivity index (χ2v) is 4.43. The van der Waals surface area contributed by atoms with Crippen molar-refractivity contribution < 1.29 is 0 Å². The number of aromatic nitrogens is 3. The van der Waals surface area contributed by atoms with Crippen LogP contribution >= 0.6 is 0 Å². The van der Waals surface area contributed by atoms with E-state index in [-0.39, 0.29) is 5.41 Å². The van der Waals surface area contributed by atoms with Crippen LogP contribution in [0.4, 0.5) is 5.82 Å². The molecule has 0 aromatic carbocycles. The summed E-state index contributed by atoms with van der Waals surface area (Å²) in [5.74, 6) is 0.526. The van der Waals surface area contributed by atoms with Gasteiger partial charge in [0, 0.05) is 5.41 Å². The fourth-order valence-electron chi connectivity index (χ4n) is 1.31. The van der Waals surface area contributed by atoms with Crippen LogP contribution in [0.15, 0.2) is 18.5 Å². The van der Waals surface area contributed by atoms with Gasteiger partial charge in [0.15, 0.2) is 5.82 Å². The predicted octanol–water partition coefficient (Wildman–Crippen LogP) is 1.61. The first-order valence-electron chi connectivity index (χ1n) is 4.59. The van der Waals surface area contributed by atoms with Gasteiger partial charge in [-0.25, -0.2) is 9.50 Å². The van der Waals surface area contributed by atoms with Crippen molar-refractivity contribution in [3.8, 4) is 0 Å². The molecule has 0 amide bonds. The van der Waals surface area contributed by atoms with Crippen molar-refractivity contribution in [3.05, 3.63) is 24.2 Å². The fourth-order valence-corrected chi connectivity index (χ4v) is 1.31. The maximum absolute atomic E-state index is 5.66. The number of fused-ring (bicyclic) bond motifs is 1. The Hall–Kier alpha value is -1.58. The molecule has 0 saturated heterocycles. The predicted molar refractivity (Wildman–Crippen MR) is 56.1 cm³/mol. The van der Waals surface area contributed by atoms with Gasteiger partial charge in [0.1, 0.15) is 11.8 Å². The Morgan fingerprint density at radius 1 is 1.29 bits per heavy atom. The lowest BCUT2D eigenvalue weighted by molar-refractivity contribution is 0.554. The highest BCUT2D eigenvalue weighted by atomic mass is 15.3. The molecule has 2 heterocycles. The molecule has 0 aliphatic heterocycles. The van der Waals surface area contributed by atoms with E-state index in [1.807, 2.05) is 12.1 Å². The zero-order valence-electron chi connectivity index (χ0n) is 8.65. The summed E-state index contributed by atoms with van der Waals surface area (Å²) in [7, 11) is 0. The third kappa shape index (κ3) is 1.32. The van der Waals surface area contributed by atoms with E-state index in [1.54, 1.807) is 10.8 Å². The second-order valence-electron chi connectivity index (χ2n) is 4.43. The molecule has 2 N–H and O–H groups in total. The van der Waals surface area contributed by atoms with Crippen LogP contribution in [0.25, 0.3) is 5.52 Å². The summed E-state index contributed by atoms with van der Waals surface area (Å²) in [5, 5.41) is 4.44. The third-order valence-electron chi connectivity index (χ3n) is 2.20. The Labute approximate surface area is 82.8 Å². The highest BCUT2D eigenvalue weighted by Gasteiger charge is 2.16. The van der Waals surface area contributed by atoms with Crippen molar-refractivity contribution in [3.63, 3.8) is 0 Å². The number of hydrogen-bond donors (Lipinski definition) is 1. The minimum absolute atomic E-state index is 0.0488. The van der Waals surface area contributed by atoms with E-state index < -0.39 is 0 Å². The van der Waals surface area contributed by atoms with Crippen molar-refractivity contribution in [1.29, 1.82) is 0 Å². The van der Waals surface area contributed by atoms with Crippen LogP contribution in [-0.4, -0.2) is 14.6 Å². The molecule has 0 atom stereocenters. The summed E-state index contributed by atoms with van der Waals surface area (Å²) in [6.45, 7) is 6.38. The first kappa shape index (κ1) is 8.99. The van der Waals surface area contributed by atoms with Crippen LogP contribution in [0.3, 0.4) is 0 Å². The molecule has 2 aromatic heterocycles. The highest BCUT2D eigenvalue weighted by Crippen LogP contribution is 2.21. The van der Waals surface area contributed by atoms with Crippen molar-refractivity contribution >= 4 is 11.3 Å². The zero-order chi connectivity index (χ0) is 10.3. The molecule has 0 spiro atoms. The van der Waals surface area contributed by atoms with Gasteiger partial charge in [0.2, 0.25) is 0 Å². The van der Waals surface area contributed by atoms with Gasteiger partial charge in [-0.1, -0.05) is 20.8 Å². The Morgan fingerprint density at radius 3 is 2.64 bits per heavy atom. The molecule has 0 aliphatic carbocycles.